The maximum atomic E-state index is 11.6. The van der Waals surface area contributed by atoms with Gasteiger partial charge in [-0.1, -0.05) is 25.1 Å². The van der Waals surface area contributed by atoms with Crippen molar-refractivity contribution in [2.45, 2.75) is 19.9 Å². The molecule has 0 radical (unpaired) electrons. The Kier molecular flexibility index (Phi) is 4.26. The van der Waals surface area contributed by atoms with Crippen LogP contribution < -0.4 is 0 Å². The van der Waals surface area contributed by atoms with E-state index in [-0.39, 0.29) is 10.7 Å². The topological polar surface area (TPSA) is 31.2 Å². The fraction of sp³-hybridized carbons (Fsp3) is 0.308. The van der Waals surface area contributed by atoms with Gasteiger partial charge < -0.3 is 9.30 Å². The van der Waals surface area contributed by atoms with Crippen LogP contribution in [-0.2, 0) is 11.3 Å². The van der Waals surface area contributed by atoms with E-state index in [0.29, 0.717) is 5.56 Å². The van der Waals surface area contributed by atoms with Gasteiger partial charge in [0, 0.05) is 23.6 Å². The Labute approximate surface area is 99.4 Å². The van der Waals surface area contributed by atoms with Crippen molar-refractivity contribution in [3.8, 4) is 0 Å². The zero-order valence-electron chi connectivity index (χ0n) is 9.97. The highest BCUT2D eigenvalue weighted by Crippen LogP contribution is 2.22. The number of benzene rings is 1. The van der Waals surface area contributed by atoms with E-state index < -0.39 is 0 Å². The van der Waals surface area contributed by atoms with Gasteiger partial charge in [-0.05, 0) is 12.5 Å². The van der Waals surface area contributed by atoms with Gasteiger partial charge in [-0.3, -0.25) is 4.70 Å². The number of carbonyl (C=O) groups excluding carboxylic acids is 1. The highest BCUT2D eigenvalue weighted by Gasteiger charge is 2.14. The van der Waals surface area contributed by atoms with Crippen LogP contribution >= 0.6 is 0 Å². The lowest BCUT2D eigenvalue weighted by Crippen LogP contribution is -2.00. The Bertz CT molecular complexity index is 519. The van der Waals surface area contributed by atoms with Gasteiger partial charge in [0.05, 0.1) is 12.7 Å². The molecule has 1 aromatic carbocycles. The summed E-state index contributed by atoms with van der Waals surface area (Å²) in [4.78, 5) is 11.6. The second-order valence-electron chi connectivity index (χ2n) is 3.74. The molecule has 0 unspecified atom stereocenters. The number of rotatable bonds is 3. The number of fused-ring (bicyclic) bond motifs is 1. The summed E-state index contributed by atoms with van der Waals surface area (Å²) in [6, 6.07) is 7.89. The predicted octanol–water partition coefficient (Wildman–Crippen LogP) is 2.99. The van der Waals surface area contributed by atoms with Crippen LogP contribution in [-0.4, -0.2) is 17.6 Å². The van der Waals surface area contributed by atoms with E-state index >= 15 is 0 Å². The van der Waals surface area contributed by atoms with Crippen LogP contribution in [0.1, 0.15) is 23.7 Å². The summed E-state index contributed by atoms with van der Waals surface area (Å²) in [5.74, 6) is -0.272. The number of hydrogen-bond acceptors (Lipinski definition) is 2. The number of nitrogens with zero attached hydrogens (tertiary/aromatic N) is 1. The number of hydrogen-bond donors (Lipinski definition) is 0. The first kappa shape index (κ1) is 13.2. The average molecular weight is 237 g/mol. The molecule has 0 aliphatic carbocycles. The summed E-state index contributed by atoms with van der Waals surface area (Å²) in [6.45, 7) is 3.03. The number of ether oxygens (including phenoxy) is 1. The van der Waals surface area contributed by atoms with Crippen molar-refractivity contribution in [1.82, 2.24) is 4.57 Å². The minimum atomic E-state index is -0.272. The van der Waals surface area contributed by atoms with Crippen molar-refractivity contribution in [3.63, 3.8) is 0 Å². The number of para-hydroxylation sites is 1. The number of aryl methyl sites for hydroxylation is 1. The molecule has 0 amide bonds. The molecule has 2 aromatic rings. The van der Waals surface area contributed by atoms with E-state index in [2.05, 4.69) is 11.5 Å². The number of carbonyl (C=O) groups is 1. The van der Waals surface area contributed by atoms with Gasteiger partial charge >= 0.3 is 5.97 Å². The minimum Gasteiger partial charge on any atom is -0.465 e. The van der Waals surface area contributed by atoms with Crippen LogP contribution in [0.4, 0.5) is 4.70 Å². The standard InChI is InChI=1S/C13H15NO2.FH/c1-3-8-14-9-11(13(15)16-2)10-6-4-5-7-12(10)14;/h4-7,9H,3,8H2,1-2H3;1H. The van der Waals surface area contributed by atoms with Gasteiger partial charge in [-0.15, -0.1) is 0 Å². The van der Waals surface area contributed by atoms with Gasteiger partial charge in [0.2, 0.25) is 0 Å². The first-order chi connectivity index (χ1) is 7.77. The summed E-state index contributed by atoms with van der Waals surface area (Å²) < 4.78 is 6.88. The van der Waals surface area contributed by atoms with Crippen molar-refractivity contribution in [2.75, 3.05) is 7.11 Å². The molecule has 0 spiro atoms. The molecule has 17 heavy (non-hydrogen) atoms. The van der Waals surface area contributed by atoms with Gasteiger partial charge in [0.1, 0.15) is 0 Å². The maximum absolute atomic E-state index is 11.6. The lowest BCUT2D eigenvalue weighted by Gasteiger charge is -2.00. The number of halogens is 1. The van der Waals surface area contributed by atoms with E-state index in [1.807, 2.05) is 30.5 Å². The SMILES string of the molecule is CCCn1cc(C(=O)OC)c2ccccc21.F. The van der Waals surface area contributed by atoms with Crippen molar-refractivity contribution < 1.29 is 14.2 Å². The Balaban J connectivity index is 0.00000144. The third-order valence-corrected chi connectivity index (χ3v) is 2.66. The summed E-state index contributed by atoms with van der Waals surface area (Å²) in [5, 5.41) is 0.961. The third kappa shape index (κ3) is 2.30. The monoisotopic (exact) mass is 237 g/mol. The number of methoxy groups -OCH3 is 1. The quantitative estimate of drug-likeness (QED) is 0.768. The molecule has 0 saturated carbocycles. The zero-order chi connectivity index (χ0) is 11.5. The van der Waals surface area contributed by atoms with Crippen molar-refractivity contribution >= 4 is 16.9 Å². The van der Waals surface area contributed by atoms with E-state index in [0.717, 1.165) is 23.9 Å². The molecule has 92 valence electrons. The van der Waals surface area contributed by atoms with Crippen LogP contribution in [0, 0.1) is 0 Å². The highest BCUT2D eigenvalue weighted by atomic mass is 19.0. The van der Waals surface area contributed by atoms with Gasteiger partial charge in [0.25, 0.3) is 0 Å². The van der Waals surface area contributed by atoms with E-state index in [4.69, 9.17) is 4.74 Å². The van der Waals surface area contributed by atoms with Gasteiger partial charge in [-0.2, -0.15) is 0 Å². The van der Waals surface area contributed by atoms with Gasteiger partial charge in [-0.25, -0.2) is 4.79 Å². The largest absolute Gasteiger partial charge is 0.465 e. The predicted molar refractivity (Wildman–Crippen MR) is 66.1 cm³/mol. The number of aromatic nitrogens is 1. The molecule has 0 aliphatic heterocycles. The highest BCUT2D eigenvalue weighted by molar-refractivity contribution is 6.04. The molecule has 0 atom stereocenters. The normalized spacial score (nSPS) is 10.0. The van der Waals surface area contributed by atoms with Crippen molar-refractivity contribution in [2.24, 2.45) is 0 Å². The first-order valence-electron chi connectivity index (χ1n) is 5.44. The Hall–Kier alpha value is -1.84. The van der Waals surface area contributed by atoms with E-state index in [1.54, 1.807) is 0 Å². The zero-order valence-corrected chi connectivity index (χ0v) is 9.97. The second-order valence-corrected chi connectivity index (χ2v) is 3.74. The molecule has 0 saturated heterocycles. The molecular weight excluding hydrogens is 221 g/mol. The molecule has 0 aliphatic rings. The molecular formula is C13H16FNO2. The molecule has 0 N–H and O–H groups in total. The van der Waals surface area contributed by atoms with Crippen LogP contribution in [0.5, 0.6) is 0 Å². The van der Waals surface area contributed by atoms with E-state index in [9.17, 15) is 4.79 Å². The summed E-state index contributed by atoms with van der Waals surface area (Å²) in [5.41, 5.74) is 1.73. The molecule has 0 bridgehead atoms. The van der Waals surface area contributed by atoms with Gasteiger partial charge in [0.15, 0.2) is 0 Å². The first-order valence-corrected chi connectivity index (χ1v) is 5.44. The minimum absolute atomic E-state index is 0. The molecule has 0 fully saturated rings. The fourth-order valence-electron chi connectivity index (χ4n) is 1.95. The smallest absolute Gasteiger partial charge is 0.340 e. The van der Waals surface area contributed by atoms with Crippen molar-refractivity contribution in [1.29, 1.82) is 0 Å². The van der Waals surface area contributed by atoms with E-state index in [1.165, 1.54) is 7.11 Å². The molecule has 1 heterocycles. The Morgan fingerprint density at radius 1 is 1.35 bits per heavy atom. The summed E-state index contributed by atoms with van der Waals surface area (Å²) >= 11 is 0. The fourth-order valence-corrected chi connectivity index (χ4v) is 1.95. The summed E-state index contributed by atoms with van der Waals surface area (Å²) in [7, 11) is 1.41. The van der Waals surface area contributed by atoms with Crippen LogP contribution in [0.25, 0.3) is 10.9 Å². The van der Waals surface area contributed by atoms with Crippen molar-refractivity contribution in [3.05, 3.63) is 36.0 Å². The second kappa shape index (κ2) is 5.48. The van der Waals surface area contributed by atoms with Crippen LogP contribution in [0.3, 0.4) is 0 Å². The molecule has 3 nitrogen and oxygen atoms in total. The van der Waals surface area contributed by atoms with Crippen LogP contribution in [0.15, 0.2) is 30.5 Å². The molecule has 1 aromatic heterocycles. The average Bonchev–Trinajstić information content (AvgIpc) is 2.68. The number of esters is 1. The van der Waals surface area contributed by atoms with Crippen LogP contribution in [0.2, 0.25) is 0 Å². The molecule has 4 heteroatoms. The summed E-state index contributed by atoms with van der Waals surface area (Å²) in [6.07, 6.45) is 2.92. The lowest BCUT2D eigenvalue weighted by atomic mass is 10.2. The Morgan fingerprint density at radius 3 is 2.71 bits per heavy atom. The maximum Gasteiger partial charge on any atom is 0.340 e. The third-order valence-electron chi connectivity index (χ3n) is 2.66. The molecule has 2 rings (SSSR count). The Morgan fingerprint density at radius 2 is 2.06 bits per heavy atom. The lowest BCUT2D eigenvalue weighted by molar-refractivity contribution is 0.0602.